The Hall–Kier alpha value is -3.22. The molecule has 4 aromatic rings. The Bertz CT molecular complexity index is 1220. The predicted molar refractivity (Wildman–Crippen MR) is 107 cm³/mol. The van der Waals surface area contributed by atoms with E-state index in [0.29, 0.717) is 29.7 Å². The molecule has 0 bridgehead atoms. The molecule has 150 valence electrons. The summed E-state index contributed by atoms with van der Waals surface area (Å²) in [5.74, 6) is -0.242. The Balaban J connectivity index is 1.52. The van der Waals surface area contributed by atoms with E-state index in [-0.39, 0.29) is 11.4 Å². The number of hydrogen-bond donors (Lipinski definition) is 3. The van der Waals surface area contributed by atoms with Crippen molar-refractivity contribution in [1.29, 1.82) is 0 Å². The van der Waals surface area contributed by atoms with Gasteiger partial charge in [0.2, 0.25) is 0 Å². The fraction of sp³-hybridized carbons (Fsp3) is 0.227. The number of carbonyl (C=O) groups is 1. The van der Waals surface area contributed by atoms with Gasteiger partial charge >= 0.3 is 6.18 Å². The average molecular weight is 399 g/mol. The summed E-state index contributed by atoms with van der Waals surface area (Å²) in [6.07, 6.45) is -3.99. The zero-order valence-electron chi connectivity index (χ0n) is 16.0. The standard InChI is InChI=1S/C22H20F3N3O/c1-12-5-3-6-14-11-18(28-19(12)14)21(29)26-10-9-15-13(2)27-20-16(15)7-4-8-17(20)22(23,24)25/h3-8,11,27-28H,9-10H2,1-2H3,(H,26,29). The lowest BCUT2D eigenvalue weighted by atomic mass is 10.0. The molecule has 29 heavy (non-hydrogen) atoms. The van der Waals surface area contributed by atoms with Crippen molar-refractivity contribution < 1.29 is 18.0 Å². The van der Waals surface area contributed by atoms with Crippen molar-refractivity contribution in [3.8, 4) is 0 Å². The number of carbonyl (C=O) groups excluding carboxylic acids is 1. The van der Waals surface area contributed by atoms with Crippen molar-refractivity contribution in [2.45, 2.75) is 26.4 Å². The first kappa shape index (κ1) is 19.1. The second-order valence-corrected chi connectivity index (χ2v) is 7.18. The molecule has 7 heteroatoms. The molecule has 0 saturated carbocycles. The molecule has 4 rings (SSSR count). The van der Waals surface area contributed by atoms with E-state index in [0.717, 1.165) is 28.1 Å². The van der Waals surface area contributed by atoms with E-state index in [4.69, 9.17) is 0 Å². The number of benzene rings is 2. The van der Waals surface area contributed by atoms with Gasteiger partial charge in [0.1, 0.15) is 5.69 Å². The molecule has 0 radical (unpaired) electrons. The van der Waals surface area contributed by atoms with Crippen LogP contribution in [0.15, 0.2) is 42.5 Å². The highest BCUT2D eigenvalue weighted by molar-refractivity contribution is 5.98. The fourth-order valence-corrected chi connectivity index (χ4v) is 3.79. The third-order valence-electron chi connectivity index (χ3n) is 5.23. The van der Waals surface area contributed by atoms with Gasteiger partial charge < -0.3 is 15.3 Å². The highest BCUT2D eigenvalue weighted by atomic mass is 19.4. The van der Waals surface area contributed by atoms with Gasteiger partial charge in [0.05, 0.1) is 11.1 Å². The van der Waals surface area contributed by atoms with Gasteiger partial charge in [0.25, 0.3) is 5.91 Å². The minimum Gasteiger partial charge on any atom is -0.358 e. The van der Waals surface area contributed by atoms with Gasteiger partial charge in [-0.15, -0.1) is 0 Å². The fourth-order valence-electron chi connectivity index (χ4n) is 3.79. The third kappa shape index (κ3) is 3.48. The molecule has 0 saturated heterocycles. The lowest BCUT2D eigenvalue weighted by Gasteiger charge is -2.08. The molecular weight excluding hydrogens is 379 g/mol. The molecule has 2 heterocycles. The molecule has 0 aliphatic rings. The Labute approximate surface area is 165 Å². The van der Waals surface area contributed by atoms with Gasteiger partial charge in [-0.1, -0.05) is 30.3 Å². The summed E-state index contributed by atoms with van der Waals surface area (Å²) < 4.78 is 39.7. The number of fused-ring (bicyclic) bond motifs is 2. The summed E-state index contributed by atoms with van der Waals surface area (Å²) in [4.78, 5) is 18.5. The Kier molecular flexibility index (Phi) is 4.61. The number of aromatic nitrogens is 2. The van der Waals surface area contributed by atoms with Gasteiger partial charge in [-0.3, -0.25) is 4.79 Å². The molecule has 0 aliphatic carbocycles. The maximum atomic E-state index is 13.2. The lowest BCUT2D eigenvalue weighted by Crippen LogP contribution is -2.26. The largest absolute Gasteiger partial charge is 0.418 e. The molecule has 0 atom stereocenters. The summed E-state index contributed by atoms with van der Waals surface area (Å²) >= 11 is 0. The highest BCUT2D eigenvalue weighted by Crippen LogP contribution is 2.36. The van der Waals surface area contributed by atoms with E-state index < -0.39 is 11.7 Å². The summed E-state index contributed by atoms with van der Waals surface area (Å²) in [5.41, 5.74) is 3.29. The van der Waals surface area contributed by atoms with Crippen molar-refractivity contribution in [2.75, 3.05) is 6.54 Å². The highest BCUT2D eigenvalue weighted by Gasteiger charge is 2.33. The van der Waals surface area contributed by atoms with Gasteiger partial charge in [-0.05, 0) is 43.5 Å². The number of para-hydroxylation sites is 2. The number of aromatic amines is 2. The SMILES string of the molecule is Cc1[nH]c2c(C(F)(F)F)cccc2c1CCNC(=O)c1cc2cccc(C)c2[nH]1. The van der Waals surface area contributed by atoms with Crippen LogP contribution in [0.2, 0.25) is 0 Å². The molecule has 2 aromatic carbocycles. The van der Waals surface area contributed by atoms with Crippen molar-refractivity contribution >= 4 is 27.7 Å². The average Bonchev–Trinajstić information content (AvgIpc) is 3.23. The van der Waals surface area contributed by atoms with Crippen LogP contribution in [-0.4, -0.2) is 22.4 Å². The normalized spacial score (nSPS) is 12.0. The van der Waals surface area contributed by atoms with Crippen molar-refractivity contribution in [3.05, 3.63) is 70.5 Å². The van der Waals surface area contributed by atoms with Crippen LogP contribution in [0.4, 0.5) is 13.2 Å². The maximum Gasteiger partial charge on any atom is 0.418 e. The summed E-state index contributed by atoms with van der Waals surface area (Å²) in [6, 6.07) is 11.8. The smallest absolute Gasteiger partial charge is 0.358 e. The number of alkyl halides is 3. The summed E-state index contributed by atoms with van der Waals surface area (Å²) in [6.45, 7) is 4.03. The molecule has 0 unspecified atom stereocenters. The second kappa shape index (κ2) is 6.99. The Morgan fingerprint density at radius 2 is 1.79 bits per heavy atom. The lowest BCUT2D eigenvalue weighted by molar-refractivity contribution is -0.136. The predicted octanol–water partition coefficient (Wildman–Crippen LogP) is 5.26. The van der Waals surface area contributed by atoms with Gasteiger partial charge in [0, 0.05) is 28.5 Å². The first-order valence-electron chi connectivity index (χ1n) is 9.29. The van der Waals surface area contributed by atoms with Gasteiger partial charge in [0.15, 0.2) is 0 Å². The van der Waals surface area contributed by atoms with Crippen LogP contribution in [0, 0.1) is 13.8 Å². The molecular formula is C22H20F3N3O. The quantitative estimate of drug-likeness (QED) is 0.431. The first-order chi connectivity index (χ1) is 13.8. The Morgan fingerprint density at radius 3 is 2.52 bits per heavy atom. The van der Waals surface area contributed by atoms with Gasteiger partial charge in [-0.25, -0.2) is 0 Å². The van der Waals surface area contributed by atoms with Crippen LogP contribution < -0.4 is 5.32 Å². The van der Waals surface area contributed by atoms with E-state index >= 15 is 0 Å². The molecule has 3 N–H and O–H groups in total. The Morgan fingerprint density at radius 1 is 1.03 bits per heavy atom. The molecule has 0 fully saturated rings. The van der Waals surface area contributed by atoms with Crippen LogP contribution in [0.1, 0.15) is 32.9 Å². The number of aryl methyl sites for hydroxylation is 2. The van der Waals surface area contributed by atoms with Crippen molar-refractivity contribution in [3.63, 3.8) is 0 Å². The zero-order chi connectivity index (χ0) is 20.8. The van der Waals surface area contributed by atoms with Crippen LogP contribution >= 0.6 is 0 Å². The van der Waals surface area contributed by atoms with E-state index in [2.05, 4.69) is 15.3 Å². The second-order valence-electron chi connectivity index (χ2n) is 7.18. The summed E-state index contributed by atoms with van der Waals surface area (Å²) in [7, 11) is 0. The molecule has 4 nitrogen and oxygen atoms in total. The van der Waals surface area contributed by atoms with Crippen LogP contribution in [0.3, 0.4) is 0 Å². The van der Waals surface area contributed by atoms with Crippen LogP contribution in [0.25, 0.3) is 21.8 Å². The van der Waals surface area contributed by atoms with E-state index in [9.17, 15) is 18.0 Å². The van der Waals surface area contributed by atoms with E-state index in [1.807, 2.05) is 25.1 Å². The van der Waals surface area contributed by atoms with Crippen LogP contribution in [-0.2, 0) is 12.6 Å². The zero-order valence-corrected chi connectivity index (χ0v) is 16.0. The summed E-state index contributed by atoms with van der Waals surface area (Å²) in [5, 5.41) is 4.34. The van der Waals surface area contributed by atoms with Crippen LogP contribution in [0.5, 0.6) is 0 Å². The number of hydrogen-bond acceptors (Lipinski definition) is 1. The minimum absolute atomic E-state index is 0.0879. The molecule has 2 aromatic heterocycles. The third-order valence-corrected chi connectivity index (χ3v) is 5.23. The molecule has 0 spiro atoms. The van der Waals surface area contributed by atoms with E-state index in [1.165, 1.54) is 6.07 Å². The number of halogens is 3. The van der Waals surface area contributed by atoms with E-state index in [1.54, 1.807) is 19.1 Å². The number of amides is 1. The number of rotatable bonds is 4. The molecule has 1 amide bonds. The molecule has 0 aliphatic heterocycles. The monoisotopic (exact) mass is 399 g/mol. The number of nitrogens with one attached hydrogen (secondary N) is 3. The number of H-pyrrole nitrogens is 2. The van der Waals surface area contributed by atoms with Crippen molar-refractivity contribution in [2.24, 2.45) is 0 Å². The topological polar surface area (TPSA) is 60.7 Å². The van der Waals surface area contributed by atoms with Gasteiger partial charge in [-0.2, -0.15) is 13.2 Å². The van der Waals surface area contributed by atoms with Crippen molar-refractivity contribution in [1.82, 2.24) is 15.3 Å². The maximum absolute atomic E-state index is 13.2. The minimum atomic E-state index is -4.42. The first-order valence-corrected chi connectivity index (χ1v) is 9.29.